The second-order valence-corrected chi connectivity index (χ2v) is 3.61. The van der Waals surface area contributed by atoms with Crippen LogP contribution in [-0.2, 0) is 4.74 Å². The first-order chi connectivity index (χ1) is 7.77. The smallest absolute Gasteiger partial charge is 0.181 e. The molecule has 0 aliphatic heterocycles. The van der Waals surface area contributed by atoms with E-state index >= 15 is 0 Å². The Morgan fingerprint density at radius 1 is 1.38 bits per heavy atom. The molecule has 0 aromatic heterocycles. The molecular formula is C11H17ClN2O2. The summed E-state index contributed by atoms with van der Waals surface area (Å²) in [5.74, 6) is 0. The van der Waals surface area contributed by atoms with Gasteiger partial charge in [-0.1, -0.05) is 25.5 Å². The number of rotatable bonds is 7. The molecule has 0 saturated carbocycles. The Labute approximate surface area is 101 Å². The average Bonchev–Trinajstić information content (AvgIpc) is 2.30. The summed E-state index contributed by atoms with van der Waals surface area (Å²) in [6, 6.07) is 7.18. The molecule has 0 fully saturated rings. The molecule has 4 nitrogen and oxygen atoms in total. The molecule has 90 valence electrons. The Bertz CT molecular complexity index is 293. The number of anilines is 1. The Balaban J connectivity index is 2.46. The molecule has 0 aliphatic rings. The molecule has 1 aromatic carbocycles. The van der Waals surface area contributed by atoms with Gasteiger partial charge in [-0.15, -0.1) is 4.94 Å². The van der Waals surface area contributed by atoms with E-state index in [0.717, 1.165) is 24.1 Å². The molecule has 1 aromatic rings. The maximum absolute atomic E-state index is 9.68. The molecule has 0 spiro atoms. The molecule has 1 rings (SSSR count). The first kappa shape index (κ1) is 13.3. The highest BCUT2D eigenvalue weighted by Crippen LogP contribution is 2.17. The standard InChI is InChI=1S/C11H17ClN2O2/c1-2-3-8-16-11(15)9-4-6-10(7-5-9)13-14-12/h4-7,11,13-15H,2-3,8H2,1H3. The lowest BCUT2D eigenvalue weighted by Crippen LogP contribution is -2.09. The summed E-state index contributed by atoms with van der Waals surface area (Å²) < 4.78 is 5.26. The average molecular weight is 245 g/mol. The number of aliphatic hydroxyl groups excluding tert-OH is 1. The van der Waals surface area contributed by atoms with Crippen LogP contribution in [0, 0.1) is 0 Å². The maximum atomic E-state index is 9.68. The molecule has 0 saturated heterocycles. The molecule has 16 heavy (non-hydrogen) atoms. The molecule has 0 aliphatic carbocycles. The van der Waals surface area contributed by atoms with Gasteiger partial charge in [0.1, 0.15) is 0 Å². The molecule has 3 N–H and O–H groups in total. The monoisotopic (exact) mass is 244 g/mol. The van der Waals surface area contributed by atoms with Crippen LogP contribution in [-0.4, -0.2) is 11.7 Å². The number of hydrogen-bond donors (Lipinski definition) is 3. The van der Waals surface area contributed by atoms with Gasteiger partial charge in [0, 0.05) is 5.56 Å². The number of hydrogen-bond acceptors (Lipinski definition) is 4. The number of nitrogens with one attached hydrogen (secondary N) is 2. The largest absolute Gasteiger partial charge is 0.364 e. The van der Waals surface area contributed by atoms with Gasteiger partial charge in [-0.25, -0.2) is 0 Å². The van der Waals surface area contributed by atoms with Crippen molar-refractivity contribution in [2.45, 2.75) is 26.1 Å². The van der Waals surface area contributed by atoms with Crippen LogP contribution in [0.5, 0.6) is 0 Å². The lowest BCUT2D eigenvalue weighted by Gasteiger charge is -2.12. The first-order valence-corrected chi connectivity index (χ1v) is 5.67. The van der Waals surface area contributed by atoms with Crippen molar-refractivity contribution < 1.29 is 9.84 Å². The summed E-state index contributed by atoms with van der Waals surface area (Å²) in [6.45, 7) is 2.65. The van der Waals surface area contributed by atoms with Gasteiger partial charge in [0.25, 0.3) is 0 Å². The van der Waals surface area contributed by atoms with Crippen molar-refractivity contribution in [3.63, 3.8) is 0 Å². The van der Waals surface area contributed by atoms with E-state index in [0.29, 0.717) is 6.61 Å². The van der Waals surface area contributed by atoms with E-state index in [1.165, 1.54) is 0 Å². The second kappa shape index (κ2) is 7.46. The zero-order chi connectivity index (χ0) is 11.8. The van der Waals surface area contributed by atoms with Crippen LogP contribution in [0.1, 0.15) is 31.6 Å². The van der Waals surface area contributed by atoms with Gasteiger partial charge in [0.05, 0.1) is 12.3 Å². The van der Waals surface area contributed by atoms with Crippen LogP contribution < -0.4 is 10.4 Å². The SMILES string of the molecule is CCCCOC(O)c1ccc(NNCl)cc1. The molecule has 0 amide bonds. The fraction of sp³-hybridized carbons (Fsp3) is 0.455. The van der Waals surface area contributed by atoms with Crippen LogP contribution >= 0.6 is 11.8 Å². The summed E-state index contributed by atoms with van der Waals surface area (Å²) in [7, 11) is 0. The van der Waals surface area contributed by atoms with Crippen LogP contribution in [0.3, 0.4) is 0 Å². The third-order valence-corrected chi connectivity index (χ3v) is 2.26. The Morgan fingerprint density at radius 2 is 2.06 bits per heavy atom. The van der Waals surface area contributed by atoms with Gasteiger partial charge in [-0.3, -0.25) is 0 Å². The Hall–Kier alpha value is -0.810. The van der Waals surface area contributed by atoms with Gasteiger partial charge >= 0.3 is 0 Å². The lowest BCUT2D eigenvalue weighted by atomic mass is 10.2. The van der Waals surface area contributed by atoms with E-state index in [-0.39, 0.29) is 0 Å². The van der Waals surface area contributed by atoms with Crippen molar-refractivity contribution in [1.29, 1.82) is 0 Å². The van der Waals surface area contributed by atoms with Gasteiger partial charge in [-0.2, -0.15) is 0 Å². The molecule has 0 heterocycles. The number of ether oxygens (including phenoxy) is 1. The summed E-state index contributed by atoms with van der Waals surface area (Å²) in [4.78, 5) is 2.30. The van der Waals surface area contributed by atoms with Crippen LogP contribution in [0.4, 0.5) is 5.69 Å². The van der Waals surface area contributed by atoms with E-state index in [4.69, 9.17) is 16.5 Å². The quantitative estimate of drug-likeness (QED) is 0.299. The van der Waals surface area contributed by atoms with E-state index in [1.54, 1.807) is 24.3 Å². The van der Waals surface area contributed by atoms with Crippen molar-refractivity contribution >= 4 is 17.5 Å². The van der Waals surface area contributed by atoms with Crippen LogP contribution in [0.15, 0.2) is 24.3 Å². The number of benzene rings is 1. The highest BCUT2D eigenvalue weighted by Gasteiger charge is 2.06. The van der Waals surface area contributed by atoms with Crippen LogP contribution in [0.2, 0.25) is 0 Å². The fourth-order valence-corrected chi connectivity index (χ4v) is 1.33. The summed E-state index contributed by atoms with van der Waals surface area (Å²) in [5.41, 5.74) is 4.27. The minimum Gasteiger partial charge on any atom is -0.364 e. The number of unbranched alkanes of at least 4 members (excludes halogenated alkanes) is 1. The number of halogens is 1. The molecule has 5 heteroatoms. The minimum atomic E-state index is -0.857. The zero-order valence-corrected chi connectivity index (χ0v) is 10.00. The molecular weight excluding hydrogens is 228 g/mol. The van der Waals surface area contributed by atoms with Crippen LogP contribution in [0.25, 0.3) is 0 Å². The molecule has 0 radical (unpaired) electrons. The van der Waals surface area contributed by atoms with Gasteiger partial charge in [0.2, 0.25) is 0 Å². The Morgan fingerprint density at radius 3 is 2.62 bits per heavy atom. The third kappa shape index (κ3) is 4.37. The highest BCUT2D eigenvalue weighted by molar-refractivity contribution is 6.13. The maximum Gasteiger partial charge on any atom is 0.181 e. The molecule has 1 unspecified atom stereocenters. The van der Waals surface area contributed by atoms with Gasteiger partial charge in [0.15, 0.2) is 6.29 Å². The van der Waals surface area contributed by atoms with Crippen molar-refractivity contribution in [2.75, 3.05) is 12.0 Å². The van der Waals surface area contributed by atoms with Gasteiger partial charge in [-0.05, 0) is 30.3 Å². The summed E-state index contributed by atoms with van der Waals surface area (Å²) in [5, 5.41) is 9.68. The van der Waals surface area contributed by atoms with E-state index in [1.807, 2.05) is 0 Å². The highest BCUT2D eigenvalue weighted by atomic mass is 35.5. The van der Waals surface area contributed by atoms with Crippen molar-refractivity contribution in [3.8, 4) is 0 Å². The summed E-state index contributed by atoms with van der Waals surface area (Å²) in [6.07, 6.45) is 1.15. The molecule has 1 atom stereocenters. The summed E-state index contributed by atoms with van der Waals surface area (Å²) >= 11 is 5.29. The van der Waals surface area contributed by atoms with Gasteiger partial charge < -0.3 is 15.3 Å². The van der Waals surface area contributed by atoms with Crippen molar-refractivity contribution in [2.24, 2.45) is 0 Å². The first-order valence-electron chi connectivity index (χ1n) is 5.29. The van der Waals surface area contributed by atoms with E-state index in [9.17, 15) is 5.11 Å². The Kier molecular flexibility index (Phi) is 6.18. The van der Waals surface area contributed by atoms with E-state index < -0.39 is 6.29 Å². The number of aliphatic hydroxyl groups is 1. The topological polar surface area (TPSA) is 53.5 Å². The molecule has 0 bridgehead atoms. The zero-order valence-electron chi connectivity index (χ0n) is 9.24. The second-order valence-electron chi connectivity index (χ2n) is 3.42. The minimum absolute atomic E-state index is 0.570. The number of hydrazine groups is 1. The third-order valence-electron chi connectivity index (χ3n) is 2.16. The predicted molar refractivity (Wildman–Crippen MR) is 64.9 cm³/mol. The van der Waals surface area contributed by atoms with Crippen molar-refractivity contribution in [3.05, 3.63) is 29.8 Å². The van der Waals surface area contributed by atoms with Crippen molar-refractivity contribution in [1.82, 2.24) is 4.94 Å². The fourth-order valence-electron chi connectivity index (χ4n) is 1.22. The lowest BCUT2D eigenvalue weighted by molar-refractivity contribution is -0.103. The predicted octanol–water partition coefficient (Wildman–Crippen LogP) is 2.56. The van der Waals surface area contributed by atoms with E-state index in [2.05, 4.69) is 17.3 Å². The normalized spacial score (nSPS) is 12.4.